The lowest BCUT2D eigenvalue weighted by Crippen LogP contribution is -2.57. The van der Waals surface area contributed by atoms with Gasteiger partial charge in [0.2, 0.25) is 0 Å². The zero-order valence-electron chi connectivity index (χ0n) is 16.5. The smallest absolute Gasteiger partial charge is 0.110 e. The summed E-state index contributed by atoms with van der Waals surface area (Å²) in [6, 6.07) is 0. The molecular weight excluding hydrogens is 324 g/mol. The Balaban J connectivity index is 1.68. The molecule has 0 spiro atoms. The minimum atomic E-state index is -0.833. The average Bonchev–Trinajstić information content (AvgIpc) is 2.92. The first-order valence-electron chi connectivity index (χ1n) is 10.3. The molecular formula is C21H34N4O. The Morgan fingerprint density at radius 1 is 1.08 bits per heavy atom. The van der Waals surface area contributed by atoms with E-state index in [1.54, 1.807) is 5.57 Å². The predicted octanol–water partition coefficient (Wildman–Crippen LogP) is 3.33. The Bertz CT molecular complexity index is 698. The third-order valence-corrected chi connectivity index (χ3v) is 9.09. The number of rotatable bonds is 1. The molecule has 0 bridgehead atoms. The molecule has 0 unspecified atom stereocenters. The lowest BCUT2D eigenvalue weighted by Gasteiger charge is -2.59. The van der Waals surface area contributed by atoms with Gasteiger partial charge in [0.25, 0.3) is 0 Å². The molecule has 0 radical (unpaired) electrons. The van der Waals surface area contributed by atoms with Crippen molar-refractivity contribution in [2.45, 2.75) is 77.7 Å². The number of aliphatic hydroxyl groups is 1. The van der Waals surface area contributed by atoms with Crippen molar-refractivity contribution < 1.29 is 5.11 Å². The molecule has 4 aliphatic rings. The third kappa shape index (κ3) is 2.12. The number of fused-ring (bicyclic) bond motifs is 5. The molecule has 4 aliphatic carbocycles. The molecule has 0 saturated heterocycles. The summed E-state index contributed by atoms with van der Waals surface area (Å²) < 4.78 is 0. The Kier molecular flexibility index (Phi) is 4.03. The average molecular weight is 359 g/mol. The summed E-state index contributed by atoms with van der Waals surface area (Å²) in [5.74, 6) is 13.1. The van der Waals surface area contributed by atoms with Gasteiger partial charge >= 0.3 is 0 Å². The Morgan fingerprint density at radius 3 is 2.50 bits per heavy atom. The van der Waals surface area contributed by atoms with Crippen LogP contribution >= 0.6 is 0 Å². The van der Waals surface area contributed by atoms with Crippen molar-refractivity contribution in [1.82, 2.24) is 0 Å². The number of hydrogen-bond acceptors (Lipinski definition) is 5. The fourth-order valence-corrected chi connectivity index (χ4v) is 7.39. The highest BCUT2D eigenvalue weighted by Gasteiger charge is 2.64. The van der Waals surface area contributed by atoms with Crippen molar-refractivity contribution in [2.75, 3.05) is 0 Å². The number of nitrogens with zero attached hydrogens (tertiary/aromatic N) is 2. The van der Waals surface area contributed by atoms with E-state index in [1.807, 2.05) is 6.92 Å². The molecule has 4 rings (SSSR count). The number of nitrogens with two attached hydrogens (primary N) is 2. The second kappa shape index (κ2) is 5.82. The SMILES string of the molecule is C/C(=N/N)[C@@]1(O)CC[C@@H]2[C@@H]3CCC4=C/C(=N\N)CC[C@]4(C)[C@@H]3CC[C@@]21C. The predicted molar refractivity (Wildman–Crippen MR) is 106 cm³/mol. The summed E-state index contributed by atoms with van der Waals surface area (Å²) in [6.45, 7) is 6.67. The molecule has 6 atom stereocenters. The van der Waals surface area contributed by atoms with Crippen LogP contribution in [0.4, 0.5) is 0 Å². The number of hydrogen-bond donors (Lipinski definition) is 3. The number of allylic oxidation sites excluding steroid dienone is 2. The Morgan fingerprint density at radius 2 is 1.81 bits per heavy atom. The molecule has 0 aromatic carbocycles. The summed E-state index contributed by atoms with van der Waals surface area (Å²) in [5.41, 5.74) is 2.67. The molecule has 0 aromatic rings. The molecule has 0 amide bonds. The zero-order chi connectivity index (χ0) is 18.7. The van der Waals surface area contributed by atoms with E-state index >= 15 is 0 Å². The van der Waals surface area contributed by atoms with Crippen LogP contribution in [0.3, 0.4) is 0 Å². The minimum absolute atomic E-state index is 0.1000. The molecule has 0 aromatic heterocycles. The largest absolute Gasteiger partial charge is 0.383 e. The van der Waals surface area contributed by atoms with Crippen molar-refractivity contribution in [2.24, 2.45) is 50.5 Å². The van der Waals surface area contributed by atoms with Gasteiger partial charge in [-0.15, -0.1) is 0 Å². The summed E-state index contributed by atoms with van der Waals surface area (Å²) >= 11 is 0. The molecule has 5 heteroatoms. The molecule has 26 heavy (non-hydrogen) atoms. The van der Waals surface area contributed by atoms with Crippen molar-refractivity contribution in [3.05, 3.63) is 11.6 Å². The van der Waals surface area contributed by atoms with Crippen LogP contribution in [-0.2, 0) is 0 Å². The van der Waals surface area contributed by atoms with E-state index in [0.29, 0.717) is 23.5 Å². The van der Waals surface area contributed by atoms with E-state index in [1.165, 1.54) is 12.8 Å². The van der Waals surface area contributed by atoms with Crippen LogP contribution in [0.1, 0.15) is 72.1 Å². The van der Waals surface area contributed by atoms with Crippen LogP contribution in [0.5, 0.6) is 0 Å². The first kappa shape index (κ1) is 18.0. The monoisotopic (exact) mass is 358 g/mol. The van der Waals surface area contributed by atoms with Crippen LogP contribution in [0, 0.1) is 28.6 Å². The summed E-state index contributed by atoms with van der Waals surface area (Å²) in [5, 5.41) is 19.4. The minimum Gasteiger partial charge on any atom is -0.383 e. The van der Waals surface area contributed by atoms with Gasteiger partial charge in [0.05, 0.1) is 11.4 Å². The maximum atomic E-state index is 11.5. The summed E-state index contributed by atoms with van der Waals surface area (Å²) in [7, 11) is 0. The summed E-state index contributed by atoms with van der Waals surface area (Å²) in [4.78, 5) is 0. The lowest BCUT2D eigenvalue weighted by molar-refractivity contribution is -0.0945. The highest BCUT2D eigenvalue weighted by Crippen LogP contribution is 2.67. The molecule has 144 valence electrons. The van der Waals surface area contributed by atoms with Crippen LogP contribution in [0.25, 0.3) is 0 Å². The quantitative estimate of drug-likeness (QED) is 0.381. The maximum absolute atomic E-state index is 11.5. The van der Waals surface area contributed by atoms with Crippen LogP contribution in [-0.4, -0.2) is 22.1 Å². The highest BCUT2D eigenvalue weighted by atomic mass is 16.3. The standard InChI is InChI=1S/C21H34N4O/c1-13(24-22)21(26)11-8-18-16-5-4-14-12-15(25-23)6-9-19(14,2)17(16)7-10-20(18,21)3/h12,16-18,26H,4-11,22-23H2,1-3H3/b24-13-,25-15-/t16-,17-,18-,19+,20+,21+/m1/s1. The summed E-state index contributed by atoms with van der Waals surface area (Å²) in [6.07, 6.45) is 10.9. The Labute approximate surface area is 157 Å². The van der Waals surface area contributed by atoms with Crippen LogP contribution in [0.2, 0.25) is 0 Å². The lowest BCUT2D eigenvalue weighted by atomic mass is 9.46. The van der Waals surface area contributed by atoms with Crippen LogP contribution < -0.4 is 11.7 Å². The molecule has 3 saturated carbocycles. The molecule has 5 N–H and O–H groups in total. The van der Waals surface area contributed by atoms with Gasteiger partial charge in [-0.3, -0.25) is 0 Å². The van der Waals surface area contributed by atoms with Crippen molar-refractivity contribution in [3.63, 3.8) is 0 Å². The number of hydrazone groups is 2. The third-order valence-electron chi connectivity index (χ3n) is 9.09. The first-order chi connectivity index (χ1) is 12.3. The van der Waals surface area contributed by atoms with E-state index in [-0.39, 0.29) is 10.8 Å². The second-order valence-electron chi connectivity index (χ2n) is 9.69. The zero-order valence-corrected chi connectivity index (χ0v) is 16.5. The van der Waals surface area contributed by atoms with Gasteiger partial charge in [-0.05, 0) is 87.5 Å². The fraction of sp³-hybridized carbons (Fsp3) is 0.810. The molecule has 3 fully saturated rings. The van der Waals surface area contributed by atoms with Gasteiger partial charge in [0.15, 0.2) is 0 Å². The van der Waals surface area contributed by atoms with Crippen LogP contribution in [0.15, 0.2) is 21.9 Å². The molecule has 0 heterocycles. The van der Waals surface area contributed by atoms with Crippen molar-refractivity contribution in [3.8, 4) is 0 Å². The highest BCUT2D eigenvalue weighted by molar-refractivity contribution is 5.96. The second-order valence-corrected chi connectivity index (χ2v) is 9.69. The fourth-order valence-electron chi connectivity index (χ4n) is 7.39. The van der Waals surface area contributed by atoms with Crippen molar-refractivity contribution >= 4 is 11.4 Å². The van der Waals surface area contributed by atoms with E-state index < -0.39 is 5.60 Å². The van der Waals surface area contributed by atoms with Gasteiger partial charge in [0.1, 0.15) is 5.60 Å². The molecule has 5 nitrogen and oxygen atoms in total. The molecule has 0 aliphatic heterocycles. The Hall–Kier alpha value is -1.36. The van der Waals surface area contributed by atoms with E-state index in [2.05, 4.69) is 30.1 Å². The maximum Gasteiger partial charge on any atom is 0.110 e. The van der Waals surface area contributed by atoms with E-state index in [9.17, 15) is 5.11 Å². The van der Waals surface area contributed by atoms with E-state index in [4.69, 9.17) is 11.7 Å². The normalized spacial score (nSPS) is 50.0. The first-order valence-corrected chi connectivity index (χ1v) is 10.3. The van der Waals surface area contributed by atoms with Gasteiger partial charge in [-0.25, -0.2) is 0 Å². The van der Waals surface area contributed by atoms with Gasteiger partial charge in [0, 0.05) is 5.41 Å². The van der Waals surface area contributed by atoms with Gasteiger partial charge in [-0.1, -0.05) is 19.4 Å². The topological polar surface area (TPSA) is 97.0 Å². The van der Waals surface area contributed by atoms with Gasteiger partial charge in [-0.2, -0.15) is 10.2 Å². The van der Waals surface area contributed by atoms with Crippen molar-refractivity contribution in [1.29, 1.82) is 0 Å². The van der Waals surface area contributed by atoms with E-state index in [0.717, 1.165) is 44.2 Å². The van der Waals surface area contributed by atoms with Gasteiger partial charge < -0.3 is 16.8 Å².